The molecular weight excluding hydrogens is 514 g/mol. The summed E-state index contributed by atoms with van der Waals surface area (Å²) in [4.78, 5) is 0. The van der Waals surface area contributed by atoms with E-state index in [4.69, 9.17) is 0 Å². The van der Waals surface area contributed by atoms with Gasteiger partial charge in [-0.05, 0) is 24.0 Å². The standard InChI is InChI=1S/C15H14N.C14H14.C5H5.Zr/c1-11-7-12(2)16(10-11)15-8-13-5-3-4-6-14(13)9-15;1-3-7-13(8-4-1)11-12-14-9-5-2-6-10-14;1-2-4-5-3-1;/h3-10H,1-2H3;1-10H,11-12H2;1-3H,4H2;. The molecule has 3 aromatic carbocycles. The maximum Gasteiger partial charge on any atom is -0.0238 e. The monoisotopic (exact) mass is 545 g/mol. The van der Waals surface area contributed by atoms with Crippen LogP contribution in [0.25, 0.3) is 11.8 Å². The molecule has 0 saturated carbocycles. The van der Waals surface area contributed by atoms with Crippen LogP contribution in [0.15, 0.2) is 119 Å². The zero-order valence-corrected chi connectivity index (χ0v) is 23.7. The van der Waals surface area contributed by atoms with E-state index in [0.717, 1.165) is 12.8 Å². The number of rotatable bonds is 6. The predicted molar refractivity (Wildman–Crippen MR) is 149 cm³/mol. The van der Waals surface area contributed by atoms with E-state index in [0.29, 0.717) is 3.63 Å². The van der Waals surface area contributed by atoms with Crippen LogP contribution in [0, 0.1) is 13.8 Å². The van der Waals surface area contributed by atoms with Crippen LogP contribution in [-0.4, -0.2) is 4.57 Å². The number of aryl methyl sites for hydroxylation is 4. The molecule has 6 rings (SSSR count). The average Bonchev–Trinajstić information content (AvgIpc) is 3.64. The molecule has 0 amide bonds. The van der Waals surface area contributed by atoms with Crippen molar-refractivity contribution in [1.82, 2.24) is 4.57 Å². The minimum atomic E-state index is -0.658. The second-order valence-corrected chi connectivity index (χ2v) is 13.3. The van der Waals surface area contributed by atoms with Crippen molar-refractivity contribution >= 4 is 11.8 Å². The molecule has 4 aromatic rings. The molecule has 0 radical (unpaired) electrons. The quantitative estimate of drug-likeness (QED) is 0.228. The Hall–Kier alpha value is -2.96. The minimum Gasteiger partial charge on any atom is -0.0622 e. The molecule has 178 valence electrons. The Morgan fingerprint density at radius 2 is 1.44 bits per heavy atom. The number of allylic oxidation sites excluding steroid dienone is 5. The van der Waals surface area contributed by atoms with Crippen LogP contribution in [-0.2, 0) is 36.1 Å². The summed E-state index contributed by atoms with van der Waals surface area (Å²) in [5.74, 6) is 0. The molecule has 0 saturated heterocycles. The minimum absolute atomic E-state index is 0.636. The fourth-order valence-corrected chi connectivity index (χ4v) is 8.91. The number of benzene rings is 3. The summed E-state index contributed by atoms with van der Waals surface area (Å²) in [5, 5.41) is 0. The summed E-state index contributed by atoms with van der Waals surface area (Å²) in [6, 6.07) is 32.5. The van der Waals surface area contributed by atoms with Crippen molar-refractivity contribution in [2.75, 3.05) is 0 Å². The van der Waals surface area contributed by atoms with Gasteiger partial charge in [0.15, 0.2) is 0 Å². The Bertz CT molecular complexity index is 1350. The molecular formula is C34H33NZr. The normalized spacial score (nSPS) is 15.6. The van der Waals surface area contributed by atoms with Crippen LogP contribution in [0.4, 0.5) is 0 Å². The molecule has 0 spiro atoms. The topological polar surface area (TPSA) is 4.93 Å². The first kappa shape index (κ1) is 24.7. The van der Waals surface area contributed by atoms with Crippen LogP contribution in [0.1, 0.15) is 43.6 Å². The van der Waals surface area contributed by atoms with Gasteiger partial charge in [-0.25, -0.2) is 0 Å². The second-order valence-electron chi connectivity index (χ2n) is 9.60. The van der Waals surface area contributed by atoms with Gasteiger partial charge in [-0.1, -0.05) is 60.7 Å². The maximum absolute atomic E-state index is 2.42. The average molecular weight is 547 g/mol. The maximum atomic E-state index is 2.42. The van der Waals surface area contributed by atoms with Gasteiger partial charge in [0.05, 0.1) is 0 Å². The fourth-order valence-electron chi connectivity index (χ4n) is 5.01. The van der Waals surface area contributed by atoms with E-state index in [9.17, 15) is 0 Å². The van der Waals surface area contributed by atoms with Gasteiger partial charge in [0.1, 0.15) is 0 Å². The smallest absolute Gasteiger partial charge is 0.0238 e. The number of nitrogens with zero attached hydrogens (tertiary/aromatic N) is 1. The predicted octanol–water partition coefficient (Wildman–Crippen LogP) is 8.56. The third-order valence-electron chi connectivity index (χ3n) is 6.82. The van der Waals surface area contributed by atoms with Gasteiger partial charge in [-0.2, -0.15) is 0 Å². The van der Waals surface area contributed by atoms with Crippen molar-refractivity contribution in [3.8, 4) is 0 Å². The first-order valence-corrected chi connectivity index (χ1v) is 15.5. The Balaban J connectivity index is 0.000000165. The summed E-state index contributed by atoms with van der Waals surface area (Å²) in [6.45, 7) is 4.40. The van der Waals surface area contributed by atoms with Crippen LogP contribution in [0.5, 0.6) is 0 Å². The zero-order chi connectivity index (χ0) is 24.7. The SMILES string of the molecule is Cc1cc(C)n(C2=Cc3ccccc3[CH]2[Zr][C]2=CC=CC2)c1.c1ccc(CCc2ccccc2)cc1. The third kappa shape index (κ3) is 6.05. The van der Waals surface area contributed by atoms with Crippen LogP contribution < -0.4 is 0 Å². The summed E-state index contributed by atoms with van der Waals surface area (Å²) in [6.07, 6.45) is 15.0. The fraction of sp³-hybridized carbons (Fsp3) is 0.176. The van der Waals surface area contributed by atoms with E-state index in [2.05, 4.69) is 140 Å². The van der Waals surface area contributed by atoms with Crippen molar-refractivity contribution in [3.05, 3.63) is 152 Å². The number of hydrogen-bond donors (Lipinski definition) is 0. The third-order valence-corrected chi connectivity index (χ3v) is 10.8. The number of aromatic nitrogens is 1. The van der Waals surface area contributed by atoms with Gasteiger partial charge < -0.3 is 0 Å². The molecule has 2 aliphatic rings. The van der Waals surface area contributed by atoms with Crippen molar-refractivity contribution in [1.29, 1.82) is 0 Å². The van der Waals surface area contributed by atoms with E-state index in [1.807, 2.05) is 0 Å². The summed E-state index contributed by atoms with van der Waals surface area (Å²) >= 11 is -0.658. The molecule has 36 heavy (non-hydrogen) atoms. The van der Waals surface area contributed by atoms with Gasteiger partial charge in [0, 0.05) is 0 Å². The van der Waals surface area contributed by atoms with Crippen molar-refractivity contribution in [2.24, 2.45) is 0 Å². The molecule has 1 heterocycles. The molecule has 0 aliphatic heterocycles. The van der Waals surface area contributed by atoms with Crippen molar-refractivity contribution in [3.63, 3.8) is 0 Å². The van der Waals surface area contributed by atoms with E-state index in [1.165, 1.54) is 40.1 Å². The molecule has 2 aliphatic carbocycles. The van der Waals surface area contributed by atoms with Crippen LogP contribution >= 0.6 is 0 Å². The van der Waals surface area contributed by atoms with E-state index in [-0.39, 0.29) is 0 Å². The zero-order valence-electron chi connectivity index (χ0n) is 21.2. The van der Waals surface area contributed by atoms with E-state index in [1.54, 1.807) is 8.84 Å². The first-order chi connectivity index (χ1) is 17.7. The Morgan fingerprint density at radius 3 is 2.03 bits per heavy atom. The summed E-state index contributed by atoms with van der Waals surface area (Å²) < 4.78 is 4.76. The summed E-state index contributed by atoms with van der Waals surface area (Å²) in [5.41, 5.74) is 9.97. The van der Waals surface area contributed by atoms with E-state index >= 15 is 0 Å². The van der Waals surface area contributed by atoms with Crippen LogP contribution in [0.3, 0.4) is 0 Å². The van der Waals surface area contributed by atoms with E-state index < -0.39 is 23.2 Å². The molecule has 2 heteroatoms. The molecule has 0 N–H and O–H groups in total. The molecule has 1 unspecified atom stereocenters. The van der Waals surface area contributed by atoms with Crippen LogP contribution in [0.2, 0.25) is 0 Å². The van der Waals surface area contributed by atoms with Crippen molar-refractivity contribution in [2.45, 2.75) is 36.7 Å². The Labute approximate surface area is 227 Å². The van der Waals surface area contributed by atoms with Gasteiger partial charge >= 0.3 is 144 Å². The molecule has 0 fully saturated rings. The Morgan fingerprint density at radius 1 is 0.806 bits per heavy atom. The molecule has 1 aromatic heterocycles. The first-order valence-electron chi connectivity index (χ1n) is 12.8. The van der Waals surface area contributed by atoms with Gasteiger partial charge in [0.25, 0.3) is 0 Å². The largest absolute Gasteiger partial charge is 0.0622 e. The second kappa shape index (κ2) is 11.9. The number of hydrogen-bond acceptors (Lipinski definition) is 0. The molecule has 1 atom stereocenters. The molecule has 1 nitrogen and oxygen atoms in total. The Kier molecular flexibility index (Phi) is 8.14. The molecule has 0 bridgehead atoms. The van der Waals surface area contributed by atoms with Gasteiger partial charge in [-0.15, -0.1) is 0 Å². The van der Waals surface area contributed by atoms with Crippen molar-refractivity contribution < 1.29 is 23.2 Å². The number of fused-ring (bicyclic) bond motifs is 1. The summed E-state index contributed by atoms with van der Waals surface area (Å²) in [7, 11) is 0. The van der Waals surface area contributed by atoms with Gasteiger partial charge in [0.2, 0.25) is 0 Å². The van der Waals surface area contributed by atoms with Gasteiger partial charge in [-0.3, -0.25) is 0 Å².